The maximum atomic E-state index is 12.8. The highest BCUT2D eigenvalue weighted by atomic mass is 32.2. The third kappa shape index (κ3) is 3.83. The lowest BCUT2D eigenvalue weighted by Gasteiger charge is -2.17. The standard InChI is InChI=1S/C20H18N4O2S2/c1-14(18-12-7-13-27-18)21-19-20(23-17-11-6-5-10-16(17)22-19)24-28(25,26)15-8-3-2-4-9-15/h2-14H,1H3,(H,21,22)(H,23,24). The molecule has 8 heteroatoms. The summed E-state index contributed by atoms with van der Waals surface area (Å²) in [5, 5.41) is 5.29. The van der Waals surface area contributed by atoms with Crippen molar-refractivity contribution < 1.29 is 8.42 Å². The Kier molecular flexibility index (Phi) is 4.97. The molecule has 6 nitrogen and oxygen atoms in total. The predicted molar refractivity (Wildman–Crippen MR) is 113 cm³/mol. The minimum atomic E-state index is -3.78. The van der Waals surface area contributed by atoms with Gasteiger partial charge in [-0.3, -0.25) is 4.72 Å². The van der Waals surface area contributed by atoms with E-state index in [2.05, 4.69) is 20.0 Å². The summed E-state index contributed by atoms with van der Waals surface area (Å²) < 4.78 is 28.2. The number of nitrogens with one attached hydrogen (secondary N) is 2. The van der Waals surface area contributed by atoms with Gasteiger partial charge in [0.05, 0.1) is 22.0 Å². The first-order valence-electron chi connectivity index (χ1n) is 8.67. The number of aromatic nitrogens is 2. The van der Waals surface area contributed by atoms with Gasteiger partial charge in [0.2, 0.25) is 0 Å². The normalized spacial score (nSPS) is 12.6. The van der Waals surface area contributed by atoms with E-state index < -0.39 is 10.0 Å². The number of rotatable bonds is 6. The maximum absolute atomic E-state index is 12.8. The highest BCUT2D eigenvalue weighted by molar-refractivity contribution is 7.92. The number of nitrogens with zero attached hydrogens (tertiary/aromatic N) is 2. The summed E-state index contributed by atoms with van der Waals surface area (Å²) in [6, 6.07) is 19.5. The highest BCUT2D eigenvalue weighted by Crippen LogP contribution is 2.29. The second kappa shape index (κ2) is 7.57. The van der Waals surface area contributed by atoms with Crippen LogP contribution in [0.3, 0.4) is 0 Å². The Morgan fingerprint density at radius 1 is 0.857 bits per heavy atom. The van der Waals surface area contributed by atoms with Gasteiger partial charge in [-0.1, -0.05) is 36.4 Å². The van der Waals surface area contributed by atoms with Crippen molar-refractivity contribution in [3.63, 3.8) is 0 Å². The van der Waals surface area contributed by atoms with Crippen molar-refractivity contribution in [1.29, 1.82) is 0 Å². The number of hydrogen-bond donors (Lipinski definition) is 2. The van der Waals surface area contributed by atoms with E-state index in [1.54, 1.807) is 35.6 Å². The Balaban J connectivity index is 1.75. The Bertz CT molecular complexity index is 1190. The molecule has 2 aromatic carbocycles. The summed E-state index contributed by atoms with van der Waals surface area (Å²) in [5.74, 6) is 0.560. The molecule has 0 aliphatic rings. The first-order chi connectivity index (χ1) is 13.5. The number of hydrogen-bond acceptors (Lipinski definition) is 6. The van der Waals surface area contributed by atoms with E-state index in [9.17, 15) is 8.42 Å². The molecule has 0 aliphatic carbocycles. The molecule has 2 aromatic heterocycles. The fraction of sp³-hybridized carbons (Fsp3) is 0.100. The van der Waals surface area contributed by atoms with Gasteiger partial charge in [-0.05, 0) is 42.6 Å². The van der Waals surface area contributed by atoms with E-state index in [0.717, 1.165) is 4.88 Å². The summed E-state index contributed by atoms with van der Waals surface area (Å²) in [5.41, 5.74) is 1.30. The summed E-state index contributed by atoms with van der Waals surface area (Å²) in [7, 11) is -3.78. The Labute approximate surface area is 167 Å². The van der Waals surface area contributed by atoms with Gasteiger partial charge in [0.25, 0.3) is 10.0 Å². The molecule has 2 heterocycles. The van der Waals surface area contributed by atoms with Crippen LogP contribution < -0.4 is 10.0 Å². The van der Waals surface area contributed by atoms with Crippen LogP contribution in [-0.4, -0.2) is 18.4 Å². The van der Waals surface area contributed by atoms with Crippen molar-refractivity contribution in [3.8, 4) is 0 Å². The monoisotopic (exact) mass is 410 g/mol. The zero-order chi connectivity index (χ0) is 19.6. The Morgan fingerprint density at radius 2 is 1.50 bits per heavy atom. The van der Waals surface area contributed by atoms with Crippen molar-refractivity contribution in [1.82, 2.24) is 9.97 Å². The smallest absolute Gasteiger partial charge is 0.263 e. The molecule has 0 fully saturated rings. The van der Waals surface area contributed by atoms with Crippen molar-refractivity contribution in [3.05, 3.63) is 77.0 Å². The fourth-order valence-corrected chi connectivity index (χ4v) is 4.54. The SMILES string of the molecule is CC(Nc1nc2ccccc2nc1NS(=O)(=O)c1ccccc1)c1cccs1. The van der Waals surface area contributed by atoms with Crippen LogP contribution in [0.5, 0.6) is 0 Å². The molecular formula is C20H18N4O2S2. The fourth-order valence-electron chi connectivity index (χ4n) is 2.77. The molecule has 1 unspecified atom stereocenters. The number of thiophene rings is 1. The molecule has 0 saturated carbocycles. The van der Waals surface area contributed by atoms with Crippen LogP contribution in [0.15, 0.2) is 77.0 Å². The van der Waals surface area contributed by atoms with Gasteiger partial charge in [-0.2, -0.15) is 0 Å². The van der Waals surface area contributed by atoms with Gasteiger partial charge >= 0.3 is 0 Å². The van der Waals surface area contributed by atoms with Gasteiger partial charge < -0.3 is 5.32 Å². The van der Waals surface area contributed by atoms with Crippen LogP contribution in [0.1, 0.15) is 17.8 Å². The van der Waals surface area contributed by atoms with Gasteiger partial charge in [0.1, 0.15) is 0 Å². The molecule has 4 aromatic rings. The van der Waals surface area contributed by atoms with Crippen molar-refractivity contribution in [2.75, 3.05) is 10.0 Å². The lowest BCUT2D eigenvalue weighted by Crippen LogP contribution is -2.17. The second-order valence-electron chi connectivity index (χ2n) is 6.21. The average Bonchev–Trinajstić information content (AvgIpc) is 3.24. The highest BCUT2D eigenvalue weighted by Gasteiger charge is 2.20. The van der Waals surface area contributed by atoms with E-state index in [1.165, 1.54) is 12.1 Å². The topological polar surface area (TPSA) is 84.0 Å². The van der Waals surface area contributed by atoms with Gasteiger partial charge in [-0.25, -0.2) is 18.4 Å². The van der Waals surface area contributed by atoms with Crippen LogP contribution in [-0.2, 0) is 10.0 Å². The Morgan fingerprint density at radius 3 is 2.14 bits per heavy atom. The first-order valence-corrected chi connectivity index (χ1v) is 11.0. The quantitative estimate of drug-likeness (QED) is 0.483. The molecule has 2 N–H and O–H groups in total. The molecular weight excluding hydrogens is 392 g/mol. The molecule has 0 radical (unpaired) electrons. The van der Waals surface area contributed by atoms with E-state index in [4.69, 9.17) is 0 Å². The van der Waals surface area contributed by atoms with Crippen molar-refractivity contribution in [2.45, 2.75) is 17.9 Å². The van der Waals surface area contributed by atoms with E-state index in [0.29, 0.717) is 16.9 Å². The minimum Gasteiger partial charge on any atom is -0.360 e. The molecule has 4 rings (SSSR count). The molecule has 0 amide bonds. The van der Waals surface area contributed by atoms with Crippen LogP contribution >= 0.6 is 11.3 Å². The third-order valence-electron chi connectivity index (χ3n) is 4.18. The second-order valence-corrected chi connectivity index (χ2v) is 8.87. The number of fused-ring (bicyclic) bond motifs is 1. The zero-order valence-corrected chi connectivity index (χ0v) is 16.7. The number of para-hydroxylation sites is 2. The van der Waals surface area contributed by atoms with Crippen LogP contribution in [0.4, 0.5) is 11.6 Å². The van der Waals surface area contributed by atoms with Crippen molar-refractivity contribution >= 4 is 44.0 Å². The maximum Gasteiger partial charge on any atom is 0.263 e. The summed E-state index contributed by atoms with van der Waals surface area (Å²) in [6.07, 6.45) is 0. The molecule has 142 valence electrons. The number of anilines is 2. The van der Waals surface area contributed by atoms with Crippen LogP contribution in [0, 0.1) is 0 Å². The summed E-state index contributed by atoms with van der Waals surface area (Å²) in [6.45, 7) is 2.00. The Hall–Kier alpha value is -2.97. The summed E-state index contributed by atoms with van der Waals surface area (Å²) >= 11 is 1.62. The van der Waals surface area contributed by atoms with Crippen molar-refractivity contribution in [2.24, 2.45) is 0 Å². The lowest BCUT2D eigenvalue weighted by molar-refractivity contribution is 0.601. The van der Waals surface area contributed by atoms with Crippen LogP contribution in [0.25, 0.3) is 11.0 Å². The average molecular weight is 411 g/mol. The third-order valence-corrected chi connectivity index (χ3v) is 6.59. The molecule has 0 spiro atoms. The number of benzene rings is 2. The number of sulfonamides is 1. The minimum absolute atomic E-state index is 0.0459. The molecule has 1 atom stereocenters. The van der Waals surface area contributed by atoms with E-state index in [-0.39, 0.29) is 16.8 Å². The van der Waals surface area contributed by atoms with E-state index >= 15 is 0 Å². The van der Waals surface area contributed by atoms with Gasteiger partial charge in [-0.15, -0.1) is 11.3 Å². The molecule has 0 aliphatic heterocycles. The van der Waals surface area contributed by atoms with Crippen LogP contribution in [0.2, 0.25) is 0 Å². The predicted octanol–water partition coefficient (Wildman–Crippen LogP) is 4.67. The van der Waals surface area contributed by atoms with Gasteiger partial charge in [0.15, 0.2) is 11.6 Å². The lowest BCUT2D eigenvalue weighted by atomic mass is 10.2. The van der Waals surface area contributed by atoms with Gasteiger partial charge in [0, 0.05) is 4.88 Å². The largest absolute Gasteiger partial charge is 0.360 e. The zero-order valence-electron chi connectivity index (χ0n) is 15.0. The molecule has 0 saturated heterocycles. The summed E-state index contributed by atoms with van der Waals surface area (Å²) in [4.78, 5) is 10.4. The first kappa shape index (κ1) is 18.4. The van der Waals surface area contributed by atoms with E-state index in [1.807, 2.05) is 42.6 Å². The molecule has 28 heavy (non-hydrogen) atoms. The molecule has 0 bridgehead atoms.